The van der Waals surface area contributed by atoms with Crippen molar-refractivity contribution in [1.82, 2.24) is 15.2 Å². The first-order valence-corrected chi connectivity index (χ1v) is 8.00. The lowest BCUT2D eigenvalue weighted by atomic mass is 9.91. The van der Waals surface area contributed by atoms with E-state index in [1.54, 1.807) is 6.07 Å². The van der Waals surface area contributed by atoms with E-state index in [0.29, 0.717) is 12.1 Å². The van der Waals surface area contributed by atoms with Crippen molar-refractivity contribution in [3.05, 3.63) is 33.7 Å². The van der Waals surface area contributed by atoms with Crippen molar-refractivity contribution >= 4 is 0 Å². The van der Waals surface area contributed by atoms with Crippen molar-refractivity contribution in [3.8, 4) is 0 Å². The number of aryl methyl sites for hydroxylation is 1. The molecule has 1 saturated heterocycles. The number of nitrogens with zero attached hydrogens (tertiary/aromatic N) is 1. The number of hydrogen-bond donors (Lipinski definition) is 2. The van der Waals surface area contributed by atoms with E-state index in [4.69, 9.17) is 4.74 Å². The van der Waals surface area contributed by atoms with Crippen molar-refractivity contribution in [2.24, 2.45) is 0 Å². The second-order valence-corrected chi connectivity index (χ2v) is 6.18. The molecule has 0 spiro atoms. The van der Waals surface area contributed by atoms with Gasteiger partial charge in [0.25, 0.3) is 0 Å². The van der Waals surface area contributed by atoms with Crippen LogP contribution in [-0.2, 0) is 11.2 Å². The van der Waals surface area contributed by atoms with Gasteiger partial charge in [-0.3, -0.25) is 9.69 Å². The van der Waals surface area contributed by atoms with Crippen molar-refractivity contribution in [1.29, 1.82) is 0 Å². The van der Waals surface area contributed by atoms with Crippen LogP contribution < -0.4 is 10.9 Å². The van der Waals surface area contributed by atoms with Gasteiger partial charge in [-0.2, -0.15) is 0 Å². The molecule has 0 radical (unpaired) electrons. The minimum Gasteiger partial charge on any atom is -0.379 e. The average Bonchev–Trinajstić information content (AvgIpc) is 2.48. The standard InChI is InChI=1S/C16H25N3O2/c1-12(11-19-7-9-21-10-8-19)17-14-3-2-4-15-13(14)5-6-16(20)18-15/h5-6,12,14,17H,2-4,7-11H2,1H3,(H,18,20). The topological polar surface area (TPSA) is 57.4 Å². The van der Waals surface area contributed by atoms with Crippen LogP contribution in [0.15, 0.2) is 16.9 Å². The fourth-order valence-corrected chi connectivity index (χ4v) is 3.44. The quantitative estimate of drug-likeness (QED) is 0.871. The molecule has 2 heterocycles. The predicted octanol–water partition coefficient (Wildman–Crippen LogP) is 1.06. The summed E-state index contributed by atoms with van der Waals surface area (Å²) in [6.07, 6.45) is 3.27. The highest BCUT2D eigenvalue weighted by Gasteiger charge is 2.23. The fourth-order valence-electron chi connectivity index (χ4n) is 3.44. The normalized spacial score (nSPS) is 24.5. The summed E-state index contributed by atoms with van der Waals surface area (Å²) in [5.74, 6) is 0. The highest BCUT2D eigenvalue weighted by Crippen LogP contribution is 2.27. The maximum atomic E-state index is 11.4. The van der Waals surface area contributed by atoms with E-state index >= 15 is 0 Å². The summed E-state index contributed by atoms with van der Waals surface area (Å²) < 4.78 is 5.39. The van der Waals surface area contributed by atoms with Gasteiger partial charge in [0.15, 0.2) is 0 Å². The van der Waals surface area contributed by atoms with Crippen molar-refractivity contribution in [3.63, 3.8) is 0 Å². The van der Waals surface area contributed by atoms with Crippen LogP contribution in [0.4, 0.5) is 0 Å². The van der Waals surface area contributed by atoms with Crippen LogP contribution >= 0.6 is 0 Å². The second-order valence-electron chi connectivity index (χ2n) is 6.18. The van der Waals surface area contributed by atoms with Crippen molar-refractivity contribution < 1.29 is 4.74 Å². The largest absolute Gasteiger partial charge is 0.379 e. The van der Waals surface area contributed by atoms with Gasteiger partial charge in [-0.15, -0.1) is 0 Å². The third kappa shape index (κ3) is 3.73. The molecule has 21 heavy (non-hydrogen) atoms. The lowest BCUT2D eigenvalue weighted by molar-refractivity contribution is 0.0337. The maximum Gasteiger partial charge on any atom is 0.248 e. The third-order valence-corrected chi connectivity index (χ3v) is 4.45. The summed E-state index contributed by atoms with van der Waals surface area (Å²) in [6, 6.07) is 4.44. The zero-order valence-corrected chi connectivity index (χ0v) is 12.7. The van der Waals surface area contributed by atoms with E-state index in [2.05, 4.69) is 22.1 Å². The molecular formula is C16H25N3O2. The number of aromatic amines is 1. The van der Waals surface area contributed by atoms with Gasteiger partial charge in [0, 0.05) is 43.5 Å². The smallest absolute Gasteiger partial charge is 0.248 e. The lowest BCUT2D eigenvalue weighted by Gasteiger charge is -2.33. The van der Waals surface area contributed by atoms with Crippen LogP contribution in [0.3, 0.4) is 0 Å². The minimum absolute atomic E-state index is 0.00997. The summed E-state index contributed by atoms with van der Waals surface area (Å²) in [6.45, 7) is 7.05. The number of nitrogens with one attached hydrogen (secondary N) is 2. The average molecular weight is 291 g/mol. The van der Waals surface area contributed by atoms with Crippen LogP contribution in [-0.4, -0.2) is 48.8 Å². The van der Waals surface area contributed by atoms with E-state index < -0.39 is 0 Å². The molecule has 2 aliphatic rings. The molecule has 3 rings (SSSR count). The number of aromatic nitrogens is 1. The van der Waals surface area contributed by atoms with Gasteiger partial charge in [-0.25, -0.2) is 0 Å². The second kappa shape index (κ2) is 6.73. The molecule has 2 N–H and O–H groups in total. The summed E-state index contributed by atoms with van der Waals surface area (Å²) >= 11 is 0. The summed E-state index contributed by atoms with van der Waals surface area (Å²) in [5, 5.41) is 3.74. The molecule has 0 aromatic carbocycles. The molecule has 116 valence electrons. The Labute approximate surface area is 125 Å². The Morgan fingerprint density at radius 3 is 3.05 bits per heavy atom. The third-order valence-electron chi connectivity index (χ3n) is 4.45. The number of hydrogen-bond acceptors (Lipinski definition) is 4. The molecule has 5 heteroatoms. The Balaban J connectivity index is 1.61. The van der Waals surface area contributed by atoms with Gasteiger partial charge < -0.3 is 15.0 Å². The highest BCUT2D eigenvalue weighted by molar-refractivity contribution is 5.26. The van der Waals surface area contributed by atoms with Gasteiger partial charge in [0.05, 0.1) is 13.2 Å². The summed E-state index contributed by atoms with van der Waals surface area (Å²) in [5.41, 5.74) is 2.40. The van der Waals surface area contributed by atoms with Crippen LogP contribution in [0.1, 0.15) is 37.1 Å². The molecule has 0 bridgehead atoms. The zero-order valence-electron chi connectivity index (χ0n) is 12.7. The fraction of sp³-hybridized carbons (Fsp3) is 0.688. The maximum absolute atomic E-state index is 11.4. The molecule has 2 unspecified atom stereocenters. The van der Waals surface area contributed by atoms with E-state index in [0.717, 1.165) is 57.8 Å². The molecule has 5 nitrogen and oxygen atoms in total. The van der Waals surface area contributed by atoms with Crippen LogP contribution in [0.25, 0.3) is 0 Å². The molecule has 0 saturated carbocycles. The molecule has 1 aliphatic heterocycles. The van der Waals surface area contributed by atoms with Crippen molar-refractivity contribution in [2.45, 2.75) is 38.3 Å². The molecule has 1 aliphatic carbocycles. The molecule has 1 fully saturated rings. The highest BCUT2D eigenvalue weighted by atomic mass is 16.5. The van der Waals surface area contributed by atoms with Gasteiger partial charge in [-0.1, -0.05) is 6.07 Å². The Kier molecular flexibility index (Phi) is 4.73. The Bertz CT molecular complexity index is 522. The monoisotopic (exact) mass is 291 g/mol. The number of pyridine rings is 1. The van der Waals surface area contributed by atoms with Crippen LogP contribution in [0.5, 0.6) is 0 Å². The zero-order chi connectivity index (χ0) is 14.7. The van der Waals surface area contributed by atoms with Gasteiger partial charge in [0.1, 0.15) is 0 Å². The predicted molar refractivity (Wildman–Crippen MR) is 82.6 cm³/mol. The first kappa shape index (κ1) is 14.8. The Hall–Kier alpha value is -1.17. The Morgan fingerprint density at radius 1 is 1.43 bits per heavy atom. The number of H-pyrrole nitrogens is 1. The number of rotatable bonds is 4. The van der Waals surface area contributed by atoms with E-state index in [1.807, 2.05) is 6.07 Å². The molecule has 0 amide bonds. The molecule has 1 aromatic rings. The number of ether oxygens (including phenoxy) is 1. The van der Waals surface area contributed by atoms with Gasteiger partial charge in [-0.05, 0) is 31.7 Å². The number of fused-ring (bicyclic) bond motifs is 1. The van der Waals surface area contributed by atoms with Crippen LogP contribution in [0.2, 0.25) is 0 Å². The SMILES string of the molecule is CC(CN1CCOCC1)NC1CCCc2[nH]c(=O)ccc21. The number of morpholine rings is 1. The first-order chi connectivity index (χ1) is 10.2. The summed E-state index contributed by atoms with van der Waals surface area (Å²) in [4.78, 5) is 16.9. The van der Waals surface area contributed by atoms with Gasteiger partial charge >= 0.3 is 0 Å². The van der Waals surface area contributed by atoms with Gasteiger partial charge in [0.2, 0.25) is 5.56 Å². The van der Waals surface area contributed by atoms with E-state index in [9.17, 15) is 4.79 Å². The van der Waals surface area contributed by atoms with E-state index in [-0.39, 0.29) is 5.56 Å². The molecular weight excluding hydrogens is 266 g/mol. The molecule has 1 aromatic heterocycles. The van der Waals surface area contributed by atoms with E-state index in [1.165, 1.54) is 5.56 Å². The minimum atomic E-state index is 0.00997. The van der Waals surface area contributed by atoms with Crippen molar-refractivity contribution in [2.75, 3.05) is 32.8 Å². The molecule has 2 atom stereocenters. The summed E-state index contributed by atoms with van der Waals surface area (Å²) in [7, 11) is 0. The van der Waals surface area contributed by atoms with Crippen LogP contribution in [0, 0.1) is 0 Å². The first-order valence-electron chi connectivity index (χ1n) is 8.00. The Morgan fingerprint density at radius 2 is 2.24 bits per heavy atom. The lowest BCUT2D eigenvalue weighted by Crippen LogP contribution is -2.45.